The molecule has 14 heavy (non-hydrogen) atoms. The largest absolute Gasteiger partial charge is 0.240 e. The fourth-order valence-corrected chi connectivity index (χ4v) is 2.18. The van der Waals surface area contributed by atoms with Gasteiger partial charge >= 0.3 is 0 Å². The van der Waals surface area contributed by atoms with Crippen LogP contribution in [0.25, 0.3) is 5.52 Å². The van der Waals surface area contributed by atoms with Crippen molar-refractivity contribution in [1.29, 1.82) is 0 Å². The van der Waals surface area contributed by atoms with E-state index in [1.165, 1.54) is 12.3 Å². The second-order valence-corrected chi connectivity index (χ2v) is 5.83. The van der Waals surface area contributed by atoms with E-state index in [0.717, 1.165) is 9.99 Å². The molecule has 0 radical (unpaired) electrons. The lowest BCUT2D eigenvalue weighted by Crippen LogP contribution is -1.98. The van der Waals surface area contributed by atoms with Gasteiger partial charge in [-0.1, -0.05) is 0 Å². The Balaban J connectivity index is 2.79. The van der Waals surface area contributed by atoms with Crippen LogP contribution in [0.3, 0.4) is 0 Å². The Morgan fingerprint density at radius 3 is 2.86 bits per heavy atom. The van der Waals surface area contributed by atoms with Crippen LogP contribution in [0.4, 0.5) is 0 Å². The number of nitrogens with zero attached hydrogens (tertiary/aromatic N) is 2. The van der Waals surface area contributed by atoms with E-state index in [-0.39, 0.29) is 0 Å². The molecule has 74 valence electrons. The number of rotatable bonds is 1. The Morgan fingerprint density at radius 2 is 2.21 bits per heavy atom. The van der Waals surface area contributed by atoms with Crippen LogP contribution >= 0.6 is 15.9 Å². The zero-order valence-corrected chi connectivity index (χ0v) is 9.71. The van der Waals surface area contributed by atoms with Crippen molar-refractivity contribution in [1.82, 2.24) is 9.61 Å². The highest BCUT2D eigenvalue weighted by Crippen LogP contribution is 2.20. The fraction of sp³-hybridized carbons (Fsp3) is 0.125. The van der Waals surface area contributed by atoms with Crippen LogP contribution in [0.5, 0.6) is 0 Å². The van der Waals surface area contributed by atoms with Gasteiger partial charge in [-0.25, -0.2) is 12.9 Å². The molecule has 2 rings (SSSR count). The Hall–Kier alpha value is -0.880. The fourth-order valence-electron chi connectivity index (χ4n) is 1.16. The second kappa shape index (κ2) is 3.06. The molecule has 0 aromatic carbocycles. The zero-order chi connectivity index (χ0) is 10.3. The molecular formula is C8H7BrN2O2S. The summed E-state index contributed by atoms with van der Waals surface area (Å²) in [7, 11) is -3.15. The summed E-state index contributed by atoms with van der Waals surface area (Å²) < 4.78 is 24.9. The van der Waals surface area contributed by atoms with E-state index in [1.807, 2.05) is 0 Å². The number of hydrogen-bond donors (Lipinski definition) is 0. The number of halogens is 1. The Labute approximate surface area is 89.6 Å². The molecule has 2 heterocycles. The maximum Gasteiger partial charge on any atom is 0.175 e. The van der Waals surface area contributed by atoms with Crippen molar-refractivity contribution in [2.75, 3.05) is 6.26 Å². The molecule has 2 aromatic rings. The van der Waals surface area contributed by atoms with Crippen molar-refractivity contribution < 1.29 is 8.42 Å². The normalized spacial score (nSPS) is 12.1. The van der Waals surface area contributed by atoms with Crippen molar-refractivity contribution in [2.24, 2.45) is 0 Å². The van der Waals surface area contributed by atoms with Gasteiger partial charge in [0.1, 0.15) is 0 Å². The van der Waals surface area contributed by atoms with Crippen LogP contribution in [-0.4, -0.2) is 24.3 Å². The summed E-state index contributed by atoms with van der Waals surface area (Å²) in [6, 6.07) is 3.12. The first-order chi connectivity index (χ1) is 6.48. The summed E-state index contributed by atoms with van der Waals surface area (Å²) in [5.74, 6) is 0. The van der Waals surface area contributed by atoms with Gasteiger partial charge in [0.05, 0.1) is 21.1 Å². The molecule has 0 spiro atoms. The lowest BCUT2D eigenvalue weighted by atomic mass is 10.4. The van der Waals surface area contributed by atoms with E-state index in [1.54, 1.807) is 23.0 Å². The number of hydrogen-bond acceptors (Lipinski definition) is 3. The summed E-state index contributed by atoms with van der Waals surface area (Å²) in [5, 5.41) is 4.02. The van der Waals surface area contributed by atoms with Crippen molar-refractivity contribution >= 4 is 31.3 Å². The predicted molar refractivity (Wildman–Crippen MR) is 56.0 cm³/mol. The molecule has 0 saturated carbocycles. The van der Waals surface area contributed by atoms with E-state index < -0.39 is 9.84 Å². The van der Waals surface area contributed by atoms with Gasteiger partial charge in [-0.05, 0) is 28.1 Å². The quantitative estimate of drug-likeness (QED) is 0.792. The third-order valence-electron chi connectivity index (χ3n) is 1.87. The molecular weight excluding hydrogens is 268 g/mol. The van der Waals surface area contributed by atoms with Gasteiger partial charge in [0.2, 0.25) is 0 Å². The van der Waals surface area contributed by atoms with Crippen molar-refractivity contribution in [3.05, 3.63) is 29.0 Å². The minimum Gasteiger partial charge on any atom is -0.240 e. The van der Waals surface area contributed by atoms with Gasteiger partial charge in [0, 0.05) is 12.5 Å². The molecule has 6 heteroatoms. The summed E-state index contributed by atoms with van der Waals surface area (Å²) >= 11 is 3.29. The Kier molecular flexibility index (Phi) is 2.11. The minimum absolute atomic E-state index is 0.297. The van der Waals surface area contributed by atoms with Crippen LogP contribution in [0.2, 0.25) is 0 Å². The first-order valence-electron chi connectivity index (χ1n) is 3.81. The molecule has 0 fully saturated rings. The Morgan fingerprint density at radius 1 is 1.50 bits per heavy atom. The van der Waals surface area contributed by atoms with Crippen molar-refractivity contribution in [2.45, 2.75) is 4.90 Å². The van der Waals surface area contributed by atoms with Crippen LogP contribution in [-0.2, 0) is 9.84 Å². The van der Waals surface area contributed by atoms with Gasteiger partial charge in [0.15, 0.2) is 9.84 Å². The molecule has 0 atom stereocenters. The zero-order valence-electron chi connectivity index (χ0n) is 7.31. The number of fused-ring (bicyclic) bond motifs is 1. The van der Waals surface area contributed by atoms with Gasteiger partial charge in [-0.2, -0.15) is 5.10 Å². The van der Waals surface area contributed by atoms with Crippen LogP contribution < -0.4 is 0 Å². The monoisotopic (exact) mass is 274 g/mol. The molecule has 0 amide bonds. The minimum atomic E-state index is -3.15. The van der Waals surface area contributed by atoms with Gasteiger partial charge < -0.3 is 0 Å². The van der Waals surface area contributed by atoms with Crippen LogP contribution in [0.1, 0.15) is 0 Å². The smallest absolute Gasteiger partial charge is 0.175 e. The van der Waals surface area contributed by atoms with E-state index >= 15 is 0 Å². The van der Waals surface area contributed by atoms with E-state index in [9.17, 15) is 8.42 Å². The van der Waals surface area contributed by atoms with Gasteiger partial charge in [-0.15, -0.1) is 0 Å². The molecule has 0 saturated heterocycles. The highest BCUT2D eigenvalue weighted by molar-refractivity contribution is 9.10. The van der Waals surface area contributed by atoms with Crippen LogP contribution in [0, 0.1) is 0 Å². The van der Waals surface area contributed by atoms with E-state index in [2.05, 4.69) is 21.0 Å². The Bertz CT molecular complexity index is 588. The first kappa shape index (κ1) is 9.67. The molecule has 4 nitrogen and oxygen atoms in total. The molecule has 0 aliphatic carbocycles. The third kappa shape index (κ3) is 1.55. The molecule has 0 aliphatic heterocycles. The molecule has 0 bridgehead atoms. The van der Waals surface area contributed by atoms with Crippen molar-refractivity contribution in [3.8, 4) is 0 Å². The lowest BCUT2D eigenvalue weighted by molar-refractivity contribution is 0.601. The lowest BCUT2D eigenvalue weighted by Gasteiger charge is -1.98. The SMILES string of the molecule is CS(=O)(=O)c1ccn2ncc(Br)c2c1. The predicted octanol–water partition coefficient (Wildman–Crippen LogP) is 1.50. The van der Waals surface area contributed by atoms with E-state index in [0.29, 0.717) is 4.90 Å². The highest BCUT2D eigenvalue weighted by atomic mass is 79.9. The maximum absolute atomic E-state index is 11.3. The standard InChI is InChI=1S/C8H7BrN2O2S/c1-14(12,13)6-2-3-11-8(4-6)7(9)5-10-11/h2-5H,1H3. The molecule has 0 N–H and O–H groups in total. The average Bonchev–Trinajstić information content (AvgIpc) is 2.46. The first-order valence-corrected chi connectivity index (χ1v) is 6.50. The van der Waals surface area contributed by atoms with Gasteiger partial charge in [0.25, 0.3) is 0 Å². The number of sulfone groups is 1. The second-order valence-electron chi connectivity index (χ2n) is 2.96. The number of aromatic nitrogens is 2. The summed E-state index contributed by atoms with van der Waals surface area (Å²) in [6.07, 6.45) is 4.43. The maximum atomic E-state index is 11.3. The number of pyridine rings is 1. The summed E-state index contributed by atoms with van der Waals surface area (Å²) in [4.78, 5) is 0.297. The average molecular weight is 275 g/mol. The topological polar surface area (TPSA) is 51.4 Å². The van der Waals surface area contributed by atoms with Gasteiger partial charge in [-0.3, -0.25) is 0 Å². The summed E-state index contributed by atoms with van der Waals surface area (Å²) in [6.45, 7) is 0. The van der Waals surface area contributed by atoms with Crippen LogP contribution in [0.15, 0.2) is 33.9 Å². The highest BCUT2D eigenvalue weighted by Gasteiger charge is 2.09. The molecule has 0 unspecified atom stereocenters. The summed E-state index contributed by atoms with van der Waals surface area (Å²) in [5.41, 5.74) is 0.743. The van der Waals surface area contributed by atoms with Crippen molar-refractivity contribution in [3.63, 3.8) is 0 Å². The third-order valence-corrected chi connectivity index (χ3v) is 3.60. The van der Waals surface area contributed by atoms with E-state index in [4.69, 9.17) is 0 Å². The molecule has 2 aromatic heterocycles. The molecule has 0 aliphatic rings.